The van der Waals surface area contributed by atoms with Gasteiger partial charge in [-0.3, -0.25) is 0 Å². The van der Waals surface area contributed by atoms with Crippen LogP contribution in [0.25, 0.3) is 0 Å². The van der Waals surface area contributed by atoms with E-state index in [2.05, 4.69) is 4.98 Å². The third-order valence-corrected chi connectivity index (χ3v) is 3.76. The molecule has 4 heteroatoms. The summed E-state index contributed by atoms with van der Waals surface area (Å²) in [6.07, 6.45) is 5.78. The van der Waals surface area contributed by atoms with Crippen molar-refractivity contribution in [3.05, 3.63) is 12.0 Å². The Morgan fingerprint density at radius 2 is 2.29 bits per heavy atom. The average Bonchev–Trinajstić information content (AvgIpc) is 2.56. The number of hydrogen-bond acceptors (Lipinski definition) is 4. The SMILES string of the molecule is Cc1coc(S[C@H]2CCCC[C@@H]2O)n1. The molecule has 0 unspecified atom stereocenters. The molecular formula is C10H15NO2S. The van der Waals surface area contributed by atoms with Crippen LogP contribution in [0.1, 0.15) is 31.4 Å². The van der Waals surface area contributed by atoms with Gasteiger partial charge >= 0.3 is 0 Å². The van der Waals surface area contributed by atoms with Crippen LogP contribution in [0, 0.1) is 6.92 Å². The van der Waals surface area contributed by atoms with Gasteiger partial charge in [-0.15, -0.1) is 0 Å². The van der Waals surface area contributed by atoms with Gasteiger partial charge in [-0.25, -0.2) is 4.98 Å². The molecule has 2 atom stereocenters. The maximum absolute atomic E-state index is 9.75. The van der Waals surface area contributed by atoms with E-state index in [0.717, 1.165) is 25.0 Å². The van der Waals surface area contributed by atoms with Gasteiger partial charge in [0.1, 0.15) is 6.26 Å². The van der Waals surface area contributed by atoms with Crippen molar-refractivity contribution in [2.45, 2.75) is 49.2 Å². The smallest absolute Gasteiger partial charge is 0.256 e. The maximum atomic E-state index is 9.75. The molecule has 0 aliphatic heterocycles. The second-order valence-corrected chi connectivity index (χ2v) is 4.95. The first kappa shape index (κ1) is 10.1. The fourth-order valence-electron chi connectivity index (χ4n) is 1.73. The molecule has 0 bridgehead atoms. The Morgan fingerprint density at radius 1 is 1.50 bits per heavy atom. The van der Waals surface area contributed by atoms with E-state index < -0.39 is 0 Å². The molecule has 0 aromatic carbocycles. The molecule has 0 amide bonds. The molecule has 78 valence electrons. The van der Waals surface area contributed by atoms with Crippen molar-refractivity contribution >= 4 is 11.8 Å². The van der Waals surface area contributed by atoms with Crippen molar-refractivity contribution in [3.8, 4) is 0 Å². The molecule has 1 N–H and O–H groups in total. The predicted molar refractivity (Wildman–Crippen MR) is 55.4 cm³/mol. The highest BCUT2D eigenvalue weighted by molar-refractivity contribution is 7.99. The minimum absolute atomic E-state index is 0.194. The van der Waals surface area contributed by atoms with E-state index in [9.17, 15) is 5.11 Å². The van der Waals surface area contributed by atoms with E-state index in [1.807, 2.05) is 6.92 Å². The first-order chi connectivity index (χ1) is 6.75. The first-order valence-corrected chi connectivity index (χ1v) is 5.90. The third kappa shape index (κ3) is 2.30. The van der Waals surface area contributed by atoms with Crippen LogP contribution in [0.5, 0.6) is 0 Å². The zero-order valence-corrected chi connectivity index (χ0v) is 9.09. The van der Waals surface area contributed by atoms with E-state index in [0.29, 0.717) is 5.22 Å². The van der Waals surface area contributed by atoms with Gasteiger partial charge in [0, 0.05) is 5.25 Å². The molecule has 1 saturated carbocycles. The third-order valence-electron chi connectivity index (χ3n) is 2.52. The Morgan fingerprint density at radius 3 is 2.93 bits per heavy atom. The van der Waals surface area contributed by atoms with Gasteiger partial charge in [0.05, 0.1) is 11.8 Å². The topological polar surface area (TPSA) is 46.3 Å². The Hall–Kier alpha value is -0.480. The van der Waals surface area contributed by atoms with Crippen LogP contribution in [-0.4, -0.2) is 21.4 Å². The van der Waals surface area contributed by atoms with Crippen LogP contribution in [0.15, 0.2) is 15.9 Å². The molecule has 1 aliphatic carbocycles. The van der Waals surface area contributed by atoms with E-state index in [-0.39, 0.29) is 11.4 Å². The molecule has 1 aliphatic rings. The molecule has 0 saturated heterocycles. The standard InChI is InChI=1S/C10H15NO2S/c1-7-6-13-10(11-7)14-9-5-3-2-4-8(9)12/h6,8-9,12H,2-5H2,1H3/t8-,9-/m0/s1. The summed E-state index contributed by atoms with van der Waals surface area (Å²) in [4.78, 5) is 4.22. The van der Waals surface area contributed by atoms with Crippen LogP contribution in [-0.2, 0) is 0 Å². The average molecular weight is 213 g/mol. The van der Waals surface area contributed by atoms with Gasteiger partial charge in [-0.1, -0.05) is 24.6 Å². The number of oxazole rings is 1. The molecular weight excluding hydrogens is 198 g/mol. The summed E-state index contributed by atoms with van der Waals surface area (Å²) in [6.45, 7) is 1.91. The number of aliphatic hydroxyl groups excluding tert-OH is 1. The van der Waals surface area contributed by atoms with Crippen LogP contribution < -0.4 is 0 Å². The maximum Gasteiger partial charge on any atom is 0.256 e. The quantitative estimate of drug-likeness (QED) is 0.819. The van der Waals surface area contributed by atoms with Crippen molar-refractivity contribution in [2.24, 2.45) is 0 Å². The molecule has 3 nitrogen and oxygen atoms in total. The highest BCUT2D eigenvalue weighted by Crippen LogP contribution is 2.33. The lowest BCUT2D eigenvalue weighted by Crippen LogP contribution is -2.26. The summed E-state index contributed by atoms with van der Waals surface area (Å²) in [7, 11) is 0. The van der Waals surface area contributed by atoms with Gasteiger partial charge in [-0.05, 0) is 19.8 Å². The van der Waals surface area contributed by atoms with E-state index in [1.165, 1.54) is 6.42 Å². The van der Waals surface area contributed by atoms with Crippen LogP contribution in [0.2, 0.25) is 0 Å². The van der Waals surface area contributed by atoms with Crippen molar-refractivity contribution in [1.82, 2.24) is 4.98 Å². The van der Waals surface area contributed by atoms with Crippen molar-refractivity contribution in [2.75, 3.05) is 0 Å². The fourth-order valence-corrected chi connectivity index (χ4v) is 2.87. The summed E-state index contributed by atoms with van der Waals surface area (Å²) < 4.78 is 5.26. The van der Waals surface area contributed by atoms with Crippen LogP contribution in [0.4, 0.5) is 0 Å². The molecule has 1 heterocycles. The highest BCUT2D eigenvalue weighted by atomic mass is 32.2. The van der Waals surface area contributed by atoms with Gasteiger partial charge in [0.25, 0.3) is 5.22 Å². The van der Waals surface area contributed by atoms with Crippen molar-refractivity contribution < 1.29 is 9.52 Å². The summed E-state index contributed by atoms with van der Waals surface area (Å²) in [5, 5.41) is 10.7. The Kier molecular flexibility index (Phi) is 3.13. The fraction of sp³-hybridized carbons (Fsp3) is 0.700. The Bertz CT molecular complexity index is 300. The lowest BCUT2D eigenvalue weighted by Gasteiger charge is -2.25. The van der Waals surface area contributed by atoms with Crippen molar-refractivity contribution in [3.63, 3.8) is 0 Å². The lowest BCUT2D eigenvalue weighted by atomic mass is 9.97. The first-order valence-electron chi connectivity index (χ1n) is 5.02. The van der Waals surface area contributed by atoms with E-state index in [1.54, 1.807) is 18.0 Å². The monoisotopic (exact) mass is 213 g/mol. The molecule has 14 heavy (non-hydrogen) atoms. The zero-order valence-electron chi connectivity index (χ0n) is 8.27. The molecule has 0 spiro atoms. The number of thioether (sulfide) groups is 1. The molecule has 2 rings (SSSR count). The van der Waals surface area contributed by atoms with Gasteiger partial charge in [-0.2, -0.15) is 0 Å². The van der Waals surface area contributed by atoms with Gasteiger partial charge in [0.15, 0.2) is 0 Å². The molecule has 1 aromatic heterocycles. The second-order valence-electron chi connectivity index (χ2n) is 3.76. The van der Waals surface area contributed by atoms with Gasteiger partial charge in [0.2, 0.25) is 0 Å². The summed E-state index contributed by atoms with van der Waals surface area (Å²) >= 11 is 1.57. The minimum atomic E-state index is -0.194. The number of rotatable bonds is 2. The van der Waals surface area contributed by atoms with Crippen LogP contribution >= 0.6 is 11.8 Å². The molecule has 0 radical (unpaired) electrons. The summed E-state index contributed by atoms with van der Waals surface area (Å²) in [5.74, 6) is 0. The highest BCUT2D eigenvalue weighted by Gasteiger charge is 2.25. The number of nitrogens with zero attached hydrogens (tertiary/aromatic N) is 1. The predicted octanol–water partition coefficient (Wildman–Crippen LogP) is 2.38. The number of hydrogen-bond donors (Lipinski definition) is 1. The summed E-state index contributed by atoms with van der Waals surface area (Å²) in [6, 6.07) is 0. The molecule has 1 fully saturated rings. The lowest BCUT2D eigenvalue weighted by molar-refractivity contribution is 0.136. The minimum Gasteiger partial charge on any atom is -0.440 e. The Labute approximate surface area is 87.9 Å². The zero-order chi connectivity index (χ0) is 9.97. The normalized spacial score (nSPS) is 27.9. The second kappa shape index (κ2) is 4.36. The molecule has 1 aromatic rings. The largest absolute Gasteiger partial charge is 0.440 e. The van der Waals surface area contributed by atoms with Gasteiger partial charge < -0.3 is 9.52 Å². The number of aryl methyl sites for hydroxylation is 1. The van der Waals surface area contributed by atoms with E-state index in [4.69, 9.17) is 4.42 Å². The number of aliphatic hydroxyl groups is 1. The summed E-state index contributed by atoms with van der Waals surface area (Å²) in [5.41, 5.74) is 0.901. The Balaban J connectivity index is 1.95. The van der Waals surface area contributed by atoms with E-state index >= 15 is 0 Å². The van der Waals surface area contributed by atoms with Crippen LogP contribution in [0.3, 0.4) is 0 Å². The number of aromatic nitrogens is 1. The van der Waals surface area contributed by atoms with Crippen molar-refractivity contribution in [1.29, 1.82) is 0 Å².